The second-order valence-corrected chi connectivity index (χ2v) is 12.9. The number of carbonyl (C=O) groups is 1. The molecule has 1 aromatic carbocycles. The molecule has 41 heavy (non-hydrogen) atoms. The Balaban J connectivity index is 1.16. The van der Waals surface area contributed by atoms with E-state index in [4.69, 9.17) is 9.15 Å². The molecule has 4 fully saturated rings. The Morgan fingerprint density at radius 3 is 2.66 bits per heavy atom. The third kappa shape index (κ3) is 3.73. The van der Waals surface area contributed by atoms with E-state index in [1.54, 1.807) is 40.3 Å². The molecule has 3 aromatic rings. The van der Waals surface area contributed by atoms with Crippen molar-refractivity contribution in [3.05, 3.63) is 47.8 Å². The van der Waals surface area contributed by atoms with Crippen LogP contribution in [0.15, 0.2) is 34.9 Å². The smallest absolute Gasteiger partial charge is 0.410 e. The average molecular weight is 567 g/mol. The molecule has 2 aromatic heterocycles. The fourth-order valence-electron chi connectivity index (χ4n) is 7.47. The summed E-state index contributed by atoms with van der Waals surface area (Å²) >= 11 is 0. The highest BCUT2D eigenvalue weighted by atomic mass is 19.4. The number of likely N-dealkylation sites (tertiary alicyclic amines) is 1. The van der Waals surface area contributed by atoms with Crippen LogP contribution in [0.2, 0.25) is 0 Å². The molecule has 0 radical (unpaired) electrons. The number of hydrogen-bond donors (Lipinski definition) is 0. The Labute approximate surface area is 234 Å². The van der Waals surface area contributed by atoms with Crippen molar-refractivity contribution in [3.8, 4) is 6.07 Å². The van der Waals surface area contributed by atoms with Crippen LogP contribution in [0.1, 0.15) is 63.3 Å². The Bertz CT molecular complexity index is 1610. The quantitative estimate of drug-likeness (QED) is 0.420. The third-order valence-corrected chi connectivity index (χ3v) is 9.40. The van der Waals surface area contributed by atoms with E-state index in [0.29, 0.717) is 41.0 Å². The van der Waals surface area contributed by atoms with Crippen molar-refractivity contribution < 1.29 is 27.1 Å². The molecule has 4 aliphatic rings. The molecule has 2 aliphatic carbocycles. The summed E-state index contributed by atoms with van der Waals surface area (Å²) in [4.78, 5) is 20.4. The zero-order valence-corrected chi connectivity index (χ0v) is 22.9. The van der Waals surface area contributed by atoms with Gasteiger partial charge in [-0.3, -0.25) is 4.98 Å². The minimum atomic E-state index is -4.47. The SMILES string of the molecule is CC(C)(C)OC(=O)N1CC2CC1CC2c1nnc([C@]23CN(c4ccc(C#N)c5ncccc45)C[C@@]2(C(F)(F)F)C3)o1. The lowest BCUT2D eigenvalue weighted by atomic mass is 9.94. The van der Waals surface area contributed by atoms with Gasteiger partial charge in [0, 0.05) is 48.9 Å². The van der Waals surface area contributed by atoms with E-state index in [2.05, 4.69) is 21.3 Å². The first kappa shape index (κ1) is 26.0. The molecular formula is C29H29F3N6O3. The number of ether oxygens (including phenoxy) is 1. The Hall–Kier alpha value is -3.88. The molecule has 12 heteroatoms. The molecule has 9 nitrogen and oxygen atoms in total. The number of halogens is 3. The predicted octanol–water partition coefficient (Wildman–Crippen LogP) is 5.31. The van der Waals surface area contributed by atoms with Crippen molar-refractivity contribution in [2.24, 2.45) is 11.3 Å². The molecule has 2 saturated heterocycles. The van der Waals surface area contributed by atoms with Crippen LogP contribution in [0.5, 0.6) is 0 Å². The first-order valence-corrected chi connectivity index (χ1v) is 13.8. The second kappa shape index (κ2) is 8.33. The number of anilines is 1. The summed E-state index contributed by atoms with van der Waals surface area (Å²) in [6.45, 7) is 5.78. The number of aromatic nitrogens is 3. The number of pyridine rings is 1. The highest BCUT2D eigenvalue weighted by Gasteiger charge is 2.86. The molecule has 214 valence electrons. The maximum atomic E-state index is 14.7. The van der Waals surface area contributed by atoms with Crippen LogP contribution in [0.4, 0.5) is 23.7 Å². The van der Waals surface area contributed by atoms with Gasteiger partial charge in [-0.05, 0) is 70.2 Å². The van der Waals surface area contributed by atoms with Gasteiger partial charge in [0.15, 0.2) is 0 Å². The number of nitrogens with zero attached hydrogens (tertiary/aromatic N) is 6. The van der Waals surface area contributed by atoms with Gasteiger partial charge in [-0.1, -0.05) is 0 Å². The highest BCUT2D eigenvalue weighted by Crippen LogP contribution is 2.75. The summed E-state index contributed by atoms with van der Waals surface area (Å²) in [7, 11) is 0. The highest BCUT2D eigenvalue weighted by molar-refractivity contribution is 5.95. The van der Waals surface area contributed by atoms with E-state index in [0.717, 1.165) is 6.42 Å². The molecule has 2 aliphatic heterocycles. The van der Waals surface area contributed by atoms with Crippen molar-refractivity contribution >= 4 is 22.7 Å². The first-order valence-electron chi connectivity index (χ1n) is 13.8. The normalized spacial score (nSPS) is 30.5. The van der Waals surface area contributed by atoms with Crippen molar-refractivity contribution in [3.63, 3.8) is 0 Å². The third-order valence-electron chi connectivity index (χ3n) is 9.40. The second-order valence-electron chi connectivity index (χ2n) is 12.9. The van der Waals surface area contributed by atoms with Gasteiger partial charge >= 0.3 is 12.3 Å². The number of carbonyl (C=O) groups excluding carboxylic acids is 1. The van der Waals surface area contributed by atoms with Gasteiger partial charge in [-0.15, -0.1) is 10.2 Å². The standard InChI is InChI=1S/C29H29F3N6O3/c1-26(2,3)41-25(39)38-12-17-9-18(38)10-20(17)23-35-36-24(40-23)27-13-28(27,29(30,31)32)15-37(14-27)21-7-6-16(11-33)22-19(21)5-4-8-34-22/h4-8,17-18,20H,9-10,12-15H2,1-3H3/t17?,18?,20?,27-,28-/m0/s1. The zero-order chi connectivity index (χ0) is 28.9. The summed E-state index contributed by atoms with van der Waals surface area (Å²) in [5, 5.41) is 18.6. The van der Waals surface area contributed by atoms with Crippen molar-refractivity contribution in [2.75, 3.05) is 24.5 Å². The monoisotopic (exact) mass is 566 g/mol. The summed E-state index contributed by atoms with van der Waals surface area (Å²) in [5.41, 5.74) is -2.53. The Kier molecular flexibility index (Phi) is 5.29. The van der Waals surface area contributed by atoms with Crippen LogP contribution in [0.25, 0.3) is 10.9 Å². The Morgan fingerprint density at radius 1 is 1.17 bits per heavy atom. The average Bonchev–Trinajstić information content (AvgIpc) is 3.46. The number of fused-ring (bicyclic) bond motifs is 4. The van der Waals surface area contributed by atoms with Crippen LogP contribution >= 0.6 is 0 Å². The molecule has 3 unspecified atom stereocenters. The number of benzene rings is 1. The van der Waals surface area contributed by atoms with Gasteiger partial charge in [-0.2, -0.15) is 18.4 Å². The molecule has 2 bridgehead atoms. The summed E-state index contributed by atoms with van der Waals surface area (Å²) in [6.07, 6.45) is -1.99. The van der Waals surface area contributed by atoms with E-state index in [-0.39, 0.29) is 49.4 Å². The lowest BCUT2D eigenvalue weighted by molar-refractivity contribution is -0.187. The summed E-state index contributed by atoms with van der Waals surface area (Å²) in [6, 6.07) is 8.86. The fourth-order valence-corrected chi connectivity index (χ4v) is 7.47. The van der Waals surface area contributed by atoms with Gasteiger partial charge < -0.3 is 19.0 Å². The van der Waals surface area contributed by atoms with Gasteiger partial charge in [-0.25, -0.2) is 4.79 Å². The Morgan fingerprint density at radius 2 is 1.98 bits per heavy atom. The van der Waals surface area contributed by atoms with Crippen molar-refractivity contribution in [1.82, 2.24) is 20.1 Å². The van der Waals surface area contributed by atoms with Crippen molar-refractivity contribution in [1.29, 1.82) is 5.26 Å². The van der Waals surface area contributed by atoms with E-state index in [9.17, 15) is 23.2 Å². The van der Waals surface area contributed by atoms with E-state index < -0.39 is 22.6 Å². The number of hydrogen-bond acceptors (Lipinski definition) is 8. The minimum Gasteiger partial charge on any atom is -0.444 e. The summed E-state index contributed by atoms with van der Waals surface area (Å²) in [5.74, 6) is 0.347. The molecule has 0 spiro atoms. The number of amides is 1. The lowest BCUT2D eigenvalue weighted by Gasteiger charge is -2.32. The fraction of sp³-hybridized carbons (Fsp3) is 0.552. The number of nitriles is 1. The zero-order valence-electron chi connectivity index (χ0n) is 22.9. The van der Waals surface area contributed by atoms with Crippen molar-refractivity contribution in [2.45, 2.75) is 69.2 Å². The van der Waals surface area contributed by atoms with Gasteiger partial charge in [0.05, 0.1) is 16.5 Å². The molecule has 0 N–H and O–H groups in total. The maximum Gasteiger partial charge on any atom is 0.410 e. The van der Waals surface area contributed by atoms with Crippen LogP contribution in [0, 0.1) is 22.7 Å². The van der Waals surface area contributed by atoms with E-state index in [1.807, 2.05) is 20.8 Å². The topological polar surface area (TPSA) is 108 Å². The molecule has 1 amide bonds. The molecule has 5 atom stereocenters. The van der Waals surface area contributed by atoms with E-state index in [1.165, 1.54) is 0 Å². The van der Waals surface area contributed by atoms with Crippen LogP contribution in [-0.4, -0.2) is 63.6 Å². The van der Waals surface area contributed by atoms with Crippen LogP contribution in [-0.2, 0) is 10.2 Å². The molecule has 2 saturated carbocycles. The number of alkyl halides is 3. The molecule has 4 heterocycles. The van der Waals surface area contributed by atoms with Gasteiger partial charge in [0.2, 0.25) is 11.8 Å². The number of piperidine rings is 2. The first-order chi connectivity index (χ1) is 19.4. The largest absolute Gasteiger partial charge is 0.444 e. The number of rotatable bonds is 3. The van der Waals surface area contributed by atoms with Gasteiger partial charge in [0.25, 0.3) is 0 Å². The molecule has 7 rings (SSSR count). The van der Waals surface area contributed by atoms with Crippen LogP contribution in [0.3, 0.4) is 0 Å². The van der Waals surface area contributed by atoms with Gasteiger partial charge in [0.1, 0.15) is 17.1 Å². The molecular weight excluding hydrogens is 537 g/mol. The summed E-state index contributed by atoms with van der Waals surface area (Å²) < 4.78 is 55.7. The predicted molar refractivity (Wildman–Crippen MR) is 140 cm³/mol. The van der Waals surface area contributed by atoms with E-state index >= 15 is 0 Å². The maximum absolute atomic E-state index is 14.7. The minimum absolute atomic E-state index is 0.0233. The lowest BCUT2D eigenvalue weighted by Crippen LogP contribution is -2.42. The van der Waals surface area contributed by atoms with Crippen LogP contribution < -0.4 is 4.90 Å².